The Kier molecular flexibility index (Phi) is 9.89. The van der Waals surface area contributed by atoms with Gasteiger partial charge in [0.15, 0.2) is 0 Å². The van der Waals surface area contributed by atoms with Crippen LogP contribution in [-0.4, -0.2) is 47.5 Å². The predicted molar refractivity (Wildman–Crippen MR) is 142 cm³/mol. The topological polar surface area (TPSA) is 49.9 Å². The van der Waals surface area contributed by atoms with Crippen molar-refractivity contribution in [1.29, 1.82) is 0 Å². The fourth-order valence-corrected chi connectivity index (χ4v) is 5.07. The first kappa shape index (κ1) is 33.2. The summed E-state index contributed by atoms with van der Waals surface area (Å²) in [5, 5.41) is 0. The van der Waals surface area contributed by atoms with Crippen LogP contribution in [0.15, 0.2) is 42.5 Å². The summed E-state index contributed by atoms with van der Waals surface area (Å²) in [5.41, 5.74) is -3.22. The maximum absolute atomic E-state index is 13.7. The van der Waals surface area contributed by atoms with E-state index in [2.05, 4.69) is 0 Å². The average molecular weight is 605 g/mol. The molecule has 12 heteroatoms. The van der Waals surface area contributed by atoms with Gasteiger partial charge in [-0.1, -0.05) is 12.1 Å². The summed E-state index contributed by atoms with van der Waals surface area (Å²) < 4.78 is 99.6. The number of halogens is 7. The highest BCUT2D eigenvalue weighted by Crippen LogP contribution is 2.40. The van der Waals surface area contributed by atoms with Crippen LogP contribution in [0.2, 0.25) is 0 Å². The standard InChI is InChI=1S/C30H35F7N2O3/c1-18(21-14-22(29(32,33)34)16-23(15-21)30(35,36)37)38(5)26(40)17-25(19-6-8-24(31)9-7-19)20-10-12-39(13-11-20)27(41)42-28(2,3)4/h6-9,14-16,18,20,25H,10-13,17H2,1-5H3/t18-,25?/m0/s1. The second-order valence-corrected chi connectivity index (χ2v) is 11.7. The van der Waals surface area contributed by atoms with Gasteiger partial charge in [0, 0.05) is 26.6 Å². The molecule has 1 aliphatic heterocycles. The Labute approximate surface area is 240 Å². The molecule has 3 rings (SSSR count). The summed E-state index contributed by atoms with van der Waals surface area (Å²) in [6.07, 6.45) is -9.58. The Hall–Kier alpha value is -3.31. The van der Waals surface area contributed by atoms with Gasteiger partial charge in [-0.3, -0.25) is 4.79 Å². The van der Waals surface area contributed by atoms with Gasteiger partial charge in [0.2, 0.25) is 5.91 Å². The zero-order valence-electron chi connectivity index (χ0n) is 24.1. The van der Waals surface area contributed by atoms with Crippen molar-refractivity contribution in [3.05, 3.63) is 70.5 Å². The molecule has 1 saturated heterocycles. The molecule has 0 N–H and O–H groups in total. The van der Waals surface area contributed by atoms with Crippen molar-refractivity contribution in [2.24, 2.45) is 5.92 Å². The van der Waals surface area contributed by atoms with Crippen molar-refractivity contribution in [2.75, 3.05) is 20.1 Å². The maximum atomic E-state index is 13.7. The van der Waals surface area contributed by atoms with E-state index in [1.807, 2.05) is 0 Å². The summed E-state index contributed by atoms with van der Waals surface area (Å²) in [5.74, 6) is -1.51. The number of amides is 2. The molecular weight excluding hydrogens is 569 g/mol. The number of hydrogen-bond donors (Lipinski definition) is 0. The van der Waals surface area contributed by atoms with E-state index in [0.717, 1.165) is 4.90 Å². The molecule has 2 atom stereocenters. The number of piperidine rings is 1. The van der Waals surface area contributed by atoms with Gasteiger partial charge in [-0.25, -0.2) is 9.18 Å². The molecule has 2 aromatic carbocycles. The van der Waals surface area contributed by atoms with Crippen LogP contribution in [0.4, 0.5) is 35.5 Å². The normalized spacial score (nSPS) is 16.6. The molecule has 1 unspecified atom stereocenters. The Morgan fingerprint density at radius 2 is 1.40 bits per heavy atom. The Balaban J connectivity index is 1.83. The third-order valence-electron chi connectivity index (χ3n) is 7.52. The fraction of sp³-hybridized carbons (Fsp3) is 0.533. The minimum atomic E-state index is -5.01. The van der Waals surface area contributed by atoms with E-state index in [1.54, 1.807) is 37.8 Å². The Morgan fingerprint density at radius 3 is 1.86 bits per heavy atom. The van der Waals surface area contributed by atoms with Gasteiger partial charge in [-0.2, -0.15) is 26.3 Å². The lowest BCUT2D eigenvalue weighted by Gasteiger charge is -2.37. The largest absolute Gasteiger partial charge is 0.444 e. The summed E-state index contributed by atoms with van der Waals surface area (Å²) >= 11 is 0. The maximum Gasteiger partial charge on any atom is 0.416 e. The van der Waals surface area contributed by atoms with E-state index in [1.165, 1.54) is 26.1 Å². The third kappa shape index (κ3) is 8.61. The predicted octanol–water partition coefficient (Wildman–Crippen LogP) is 8.20. The first-order chi connectivity index (χ1) is 19.3. The van der Waals surface area contributed by atoms with Gasteiger partial charge in [-0.15, -0.1) is 0 Å². The zero-order chi connectivity index (χ0) is 31.6. The molecule has 42 heavy (non-hydrogen) atoms. The van der Waals surface area contributed by atoms with Gasteiger partial charge < -0.3 is 14.5 Å². The number of rotatable bonds is 6. The van der Waals surface area contributed by atoms with Crippen LogP contribution >= 0.6 is 0 Å². The molecule has 0 aliphatic carbocycles. The number of carbonyl (C=O) groups excluding carboxylic acids is 2. The first-order valence-electron chi connectivity index (χ1n) is 13.5. The molecule has 1 heterocycles. The summed E-state index contributed by atoms with van der Waals surface area (Å²) in [7, 11) is 1.33. The SMILES string of the molecule is C[C@@H](c1cc(C(F)(F)F)cc(C(F)(F)F)c1)N(C)C(=O)CC(c1ccc(F)cc1)C1CCN(C(=O)OC(C)(C)C)CC1. The minimum Gasteiger partial charge on any atom is -0.444 e. The summed E-state index contributed by atoms with van der Waals surface area (Å²) in [6.45, 7) is 7.36. The number of hydrogen-bond acceptors (Lipinski definition) is 3. The van der Waals surface area contributed by atoms with E-state index < -0.39 is 58.9 Å². The Bertz CT molecular complexity index is 1210. The van der Waals surface area contributed by atoms with Crippen LogP contribution in [0.3, 0.4) is 0 Å². The van der Waals surface area contributed by atoms with Crippen LogP contribution < -0.4 is 0 Å². The number of nitrogens with zero attached hydrogens (tertiary/aromatic N) is 2. The third-order valence-corrected chi connectivity index (χ3v) is 7.52. The highest BCUT2D eigenvalue weighted by molar-refractivity contribution is 5.77. The van der Waals surface area contributed by atoms with Crippen LogP contribution in [0, 0.1) is 11.7 Å². The number of ether oxygens (including phenoxy) is 1. The molecule has 2 amide bonds. The van der Waals surface area contributed by atoms with Gasteiger partial charge >= 0.3 is 18.4 Å². The van der Waals surface area contributed by atoms with Crippen LogP contribution in [0.5, 0.6) is 0 Å². The van der Waals surface area contributed by atoms with E-state index in [4.69, 9.17) is 4.74 Å². The number of benzene rings is 2. The van der Waals surface area contributed by atoms with Gasteiger partial charge in [0.05, 0.1) is 17.2 Å². The van der Waals surface area contributed by atoms with E-state index in [0.29, 0.717) is 43.6 Å². The molecule has 1 fully saturated rings. The van der Waals surface area contributed by atoms with E-state index in [9.17, 15) is 40.3 Å². The summed E-state index contributed by atoms with van der Waals surface area (Å²) in [6, 6.07) is 5.81. The molecule has 0 spiro atoms. The quantitative estimate of drug-likeness (QED) is 0.313. The second-order valence-electron chi connectivity index (χ2n) is 11.7. The molecule has 5 nitrogen and oxygen atoms in total. The fourth-order valence-electron chi connectivity index (χ4n) is 5.07. The van der Waals surface area contributed by atoms with Crippen molar-refractivity contribution >= 4 is 12.0 Å². The average Bonchev–Trinajstić information content (AvgIpc) is 2.89. The molecular formula is C30H35F7N2O3. The lowest BCUT2D eigenvalue weighted by molar-refractivity contribution is -0.143. The number of carbonyl (C=O) groups is 2. The number of likely N-dealkylation sites (tertiary alicyclic amines) is 1. The highest BCUT2D eigenvalue weighted by Gasteiger charge is 2.38. The van der Waals surface area contributed by atoms with Crippen molar-refractivity contribution in [3.8, 4) is 0 Å². The first-order valence-corrected chi connectivity index (χ1v) is 13.5. The van der Waals surface area contributed by atoms with E-state index in [-0.39, 0.29) is 24.0 Å². The van der Waals surface area contributed by atoms with Crippen molar-refractivity contribution in [1.82, 2.24) is 9.80 Å². The van der Waals surface area contributed by atoms with Gasteiger partial charge in [0.1, 0.15) is 11.4 Å². The molecule has 0 aromatic heterocycles. The molecule has 2 aromatic rings. The zero-order valence-corrected chi connectivity index (χ0v) is 24.1. The minimum absolute atomic E-state index is 0.0479. The second kappa shape index (κ2) is 12.5. The van der Waals surface area contributed by atoms with Gasteiger partial charge in [0.25, 0.3) is 0 Å². The highest BCUT2D eigenvalue weighted by atomic mass is 19.4. The van der Waals surface area contributed by atoms with Crippen LogP contribution in [0.25, 0.3) is 0 Å². The smallest absolute Gasteiger partial charge is 0.416 e. The van der Waals surface area contributed by atoms with Crippen LogP contribution in [0.1, 0.15) is 81.2 Å². The summed E-state index contributed by atoms with van der Waals surface area (Å²) in [4.78, 5) is 28.7. The molecule has 232 valence electrons. The molecule has 0 saturated carbocycles. The van der Waals surface area contributed by atoms with Crippen LogP contribution in [-0.2, 0) is 21.9 Å². The molecule has 0 radical (unpaired) electrons. The Morgan fingerprint density at radius 1 is 0.905 bits per heavy atom. The van der Waals surface area contributed by atoms with Crippen molar-refractivity contribution in [2.45, 2.75) is 76.9 Å². The van der Waals surface area contributed by atoms with Gasteiger partial charge in [-0.05, 0) is 93.8 Å². The monoisotopic (exact) mass is 604 g/mol. The van der Waals surface area contributed by atoms with E-state index >= 15 is 0 Å². The lowest BCUT2D eigenvalue weighted by atomic mass is 9.78. The van der Waals surface area contributed by atoms with Crippen molar-refractivity contribution < 1.29 is 45.1 Å². The van der Waals surface area contributed by atoms with Crippen molar-refractivity contribution in [3.63, 3.8) is 0 Å². The molecule has 1 aliphatic rings. The number of alkyl halides is 6. The molecule has 0 bridgehead atoms. The lowest BCUT2D eigenvalue weighted by Crippen LogP contribution is -2.43.